The van der Waals surface area contributed by atoms with Gasteiger partial charge in [0, 0.05) is 51.4 Å². The van der Waals surface area contributed by atoms with Gasteiger partial charge < -0.3 is 24.6 Å². The molecule has 2 saturated heterocycles. The van der Waals surface area contributed by atoms with Crippen molar-refractivity contribution in [1.29, 1.82) is 0 Å². The van der Waals surface area contributed by atoms with Crippen LogP contribution in [0.4, 0.5) is 31.8 Å². The first kappa shape index (κ1) is 28.6. The maximum Gasteiger partial charge on any atom is 0.258 e. The average Bonchev–Trinajstić information content (AvgIpc) is 3.40. The van der Waals surface area contributed by atoms with Crippen LogP contribution in [-0.4, -0.2) is 78.3 Å². The van der Waals surface area contributed by atoms with Crippen LogP contribution in [0.3, 0.4) is 0 Å². The van der Waals surface area contributed by atoms with E-state index >= 15 is 0 Å². The Morgan fingerprint density at radius 2 is 1.74 bits per heavy atom. The van der Waals surface area contributed by atoms with E-state index in [9.17, 15) is 22.0 Å². The first-order chi connectivity index (χ1) is 20.1. The number of nitrogens with zero attached hydrogens (tertiary/aromatic N) is 5. The standard InChI is InChI=1S/C28H35F2N7O4S/c29-28(30)8-13-36(14-9-28)25-24-31-10-15-37(24)19-23(32-25)33-26(39)21-3-2-20(34-42(40,41)17-16-38)18-22(21)35-11-6-27(7-12-35)4-1-5-27/h2-3,10,15,18-19,34,38H,1,4-9,11-14,16-17H2,(H,33,39). The number of fused-ring (bicyclic) bond motifs is 1. The molecule has 1 saturated carbocycles. The van der Waals surface area contributed by atoms with Gasteiger partial charge in [-0.25, -0.2) is 27.2 Å². The first-order valence-corrected chi connectivity index (χ1v) is 16.0. The molecule has 1 amide bonds. The monoisotopic (exact) mass is 603 g/mol. The summed E-state index contributed by atoms with van der Waals surface area (Å²) >= 11 is 0. The summed E-state index contributed by atoms with van der Waals surface area (Å²) in [5.74, 6) is -2.92. The SMILES string of the molecule is O=C(Nc1cn2ccnc2c(N2CCC(F)(F)CC2)n1)c1ccc(NS(=O)(=O)CCO)cc1N1CCC2(CCC2)CC1. The minimum absolute atomic E-state index is 0.119. The fraction of sp³-hybridized carbons (Fsp3) is 0.536. The molecule has 0 unspecified atom stereocenters. The van der Waals surface area contributed by atoms with E-state index in [1.54, 1.807) is 40.0 Å². The van der Waals surface area contributed by atoms with Crippen molar-refractivity contribution in [1.82, 2.24) is 14.4 Å². The van der Waals surface area contributed by atoms with Crippen molar-refractivity contribution < 1.29 is 27.1 Å². The van der Waals surface area contributed by atoms with Gasteiger partial charge in [0.1, 0.15) is 0 Å². The van der Waals surface area contributed by atoms with Gasteiger partial charge in [-0.3, -0.25) is 9.52 Å². The Bertz CT molecular complexity index is 1570. The van der Waals surface area contributed by atoms with E-state index in [1.807, 2.05) is 0 Å². The number of halogens is 2. The number of aliphatic hydroxyl groups is 1. The first-order valence-electron chi connectivity index (χ1n) is 14.3. The summed E-state index contributed by atoms with van der Waals surface area (Å²) in [5.41, 5.74) is 2.15. The molecule has 11 nitrogen and oxygen atoms in total. The molecule has 14 heteroatoms. The van der Waals surface area contributed by atoms with E-state index < -0.39 is 34.2 Å². The Kier molecular flexibility index (Phi) is 7.46. The van der Waals surface area contributed by atoms with E-state index in [0.29, 0.717) is 33.8 Å². The number of hydrogen-bond donors (Lipinski definition) is 3. The molecular weight excluding hydrogens is 568 g/mol. The fourth-order valence-electron chi connectivity index (χ4n) is 6.22. The topological polar surface area (TPSA) is 132 Å². The lowest BCUT2D eigenvalue weighted by molar-refractivity contribution is -0.0221. The predicted octanol–water partition coefficient (Wildman–Crippen LogP) is 3.72. The van der Waals surface area contributed by atoms with Gasteiger partial charge in [0.15, 0.2) is 17.3 Å². The molecular formula is C28H35F2N7O4S. The molecule has 0 atom stereocenters. The highest BCUT2D eigenvalue weighted by atomic mass is 32.2. The van der Waals surface area contributed by atoms with Crippen LogP contribution in [0.25, 0.3) is 5.65 Å². The molecule has 3 N–H and O–H groups in total. The summed E-state index contributed by atoms with van der Waals surface area (Å²) in [5, 5.41) is 12.0. The van der Waals surface area contributed by atoms with Gasteiger partial charge in [-0.2, -0.15) is 0 Å². The highest BCUT2D eigenvalue weighted by Crippen LogP contribution is 2.49. The molecule has 1 aromatic carbocycles. The van der Waals surface area contributed by atoms with Crippen molar-refractivity contribution in [3.8, 4) is 0 Å². The summed E-state index contributed by atoms with van der Waals surface area (Å²) in [6, 6.07) is 4.77. The maximum absolute atomic E-state index is 13.8. The second kappa shape index (κ2) is 11.0. The van der Waals surface area contributed by atoms with E-state index in [2.05, 4.69) is 24.9 Å². The number of benzene rings is 1. The molecule has 42 heavy (non-hydrogen) atoms. The number of rotatable bonds is 8. The van der Waals surface area contributed by atoms with Crippen LogP contribution < -0.4 is 19.8 Å². The third kappa shape index (κ3) is 5.87. The lowest BCUT2D eigenvalue weighted by Crippen LogP contribution is -2.44. The second-order valence-electron chi connectivity index (χ2n) is 11.6. The second-order valence-corrected chi connectivity index (χ2v) is 13.5. The largest absolute Gasteiger partial charge is 0.395 e. The third-order valence-corrected chi connectivity index (χ3v) is 10.1. The van der Waals surface area contributed by atoms with Gasteiger partial charge in [-0.05, 0) is 49.3 Å². The number of anilines is 4. The fourth-order valence-corrected chi connectivity index (χ4v) is 7.04. The number of carbonyl (C=O) groups excluding carboxylic acids is 1. The zero-order valence-electron chi connectivity index (χ0n) is 23.2. The van der Waals surface area contributed by atoms with Crippen molar-refractivity contribution in [3.63, 3.8) is 0 Å². The minimum Gasteiger partial charge on any atom is -0.395 e. The van der Waals surface area contributed by atoms with Crippen LogP contribution in [0.15, 0.2) is 36.8 Å². The smallest absolute Gasteiger partial charge is 0.258 e. The highest BCUT2D eigenvalue weighted by Gasteiger charge is 2.40. The van der Waals surface area contributed by atoms with Crippen LogP contribution in [-0.2, 0) is 10.0 Å². The molecule has 1 spiro atoms. The molecule has 0 radical (unpaired) electrons. The zero-order chi connectivity index (χ0) is 29.5. The Morgan fingerprint density at radius 1 is 1.02 bits per heavy atom. The number of piperidine rings is 2. The number of imidazole rings is 1. The van der Waals surface area contributed by atoms with Crippen molar-refractivity contribution in [3.05, 3.63) is 42.4 Å². The van der Waals surface area contributed by atoms with Crippen LogP contribution in [0.2, 0.25) is 0 Å². The summed E-state index contributed by atoms with van der Waals surface area (Å²) in [7, 11) is -3.75. The summed E-state index contributed by atoms with van der Waals surface area (Å²) in [6.45, 7) is 1.22. The van der Waals surface area contributed by atoms with Gasteiger partial charge in [0.25, 0.3) is 11.8 Å². The van der Waals surface area contributed by atoms with E-state index in [1.165, 1.54) is 25.3 Å². The van der Waals surface area contributed by atoms with Crippen LogP contribution in [0.1, 0.15) is 55.3 Å². The summed E-state index contributed by atoms with van der Waals surface area (Å²) < 4.78 is 56.5. The van der Waals surface area contributed by atoms with Crippen LogP contribution in [0.5, 0.6) is 0 Å². The molecule has 0 bridgehead atoms. The lowest BCUT2D eigenvalue weighted by Gasteiger charge is -2.48. The molecule has 1 aliphatic carbocycles. The minimum atomic E-state index is -3.75. The number of aromatic nitrogens is 3. The van der Waals surface area contributed by atoms with E-state index in [0.717, 1.165) is 25.9 Å². The van der Waals surface area contributed by atoms with Gasteiger partial charge in [-0.15, -0.1) is 0 Å². The number of hydrogen-bond acceptors (Lipinski definition) is 8. The number of sulfonamides is 1. The predicted molar refractivity (Wildman–Crippen MR) is 156 cm³/mol. The number of alkyl halides is 2. The van der Waals surface area contributed by atoms with Crippen molar-refractivity contribution in [2.45, 2.75) is 50.9 Å². The number of nitrogens with one attached hydrogen (secondary N) is 2. The van der Waals surface area contributed by atoms with Gasteiger partial charge in [-0.1, -0.05) is 6.42 Å². The Balaban J connectivity index is 1.29. The van der Waals surface area contributed by atoms with Crippen molar-refractivity contribution >= 4 is 44.6 Å². The van der Waals surface area contributed by atoms with Gasteiger partial charge in [0.2, 0.25) is 10.0 Å². The maximum atomic E-state index is 13.8. The van der Waals surface area contributed by atoms with Crippen molar-refractivity contribution in [2.75, 3.05) is 58.4 Å². The molecule has 2 aliphatic heterocycles. The highest BCUT2D eigenvalue weighted by molar-refractivity contribution is 7.92. The van der Waals surface area contributed by atoms with Crippen LogP contribution >= 0.6 is 0 Å². The number of amides is 1. The molecule has 3 aromatic rings. The van der Waals surface area contributed by atoms with Crippen molar-refractivity contribution in [2.24, 2.45) is 5.41 Å². The molecule has 3 aliphatic rings. The van der Waals surface area contributed by atoms with Crippen LogP contribution in [0, 0.1) is 5.41 Å². The number of carbonyl (C=O) groups is 1. The Hall–Kier alpha value is -3.52. The van der Waals surface area contributed by atoms with E-state index in [4.69, 9.17) is 5.11 Å². The molecule has 4 heterocycles. The number of aliphatic hydroxyl groups excluding tert-OH is 1. The molecule has 6 rings (SSSR count). The summed E-state index contributed by atoms with van der Waals surface area (Å²) in [6.07, 6.45) is 10.0. The molecule has 2 aromatic heterocycles. The molecule has 3 fully saturated rings. The average molecular weight is 604 g/mol. The van der Waals surface area contributed by atoms with E-state index in [-0.39, 0.29) is 31.7 Å². The van der Waals surface area contributed by atoms with Gasteiger partial charge >= 0.3 is 0 Å². The Morgan fingerprint density at radius 3 is 2.40 bits per heavy atom. The zero-order valence-corrected chi connectivity index (χ0v) is 24.0. The Labute approximate surface area is 243 Å². The normalized spacial score (nSPS) is 20.0. The third-order valence-electron chi connectivity index (χ3n) is 8.85. The van der Waals surface area contributed by atoms with Gasteiger partial charge in [0.05, 0.1) is 35.5 Å². The quantitative estimate of drug-likeness (QED) is 0.355. The summed E-state index contributed by atoms with van der Waals surface area (Å²) in [4.78, 5) is 26.6. The lowest BCUT2D eigenvalue weighted by atomic mass is 9.63. The molecule has 226 valence electrons.